The lowest BCUT2D eigenvalue weighted by molar-refractivity contribution is -0.274. The second kappa shape index (κ2) is 10.7. The van der Waals surface area contributed by atoms with Crippen LogP contribution in [0, 0.1) is 6.92 Å². The fourth-order valence-electron chi connectivity index (χ4n) is 3.32. The standard InChI is InChI=1S/C26H20F3N3O3S/c1-17-11-13-18(14-12-17)15-21-24(34)32(19-7-3-2-4-8-19)25(31-21)36-16-23(33)30-20-9-5-6-10-22(20)35-26(27,28)29/h2-15H,16H2,1H3,(H,30,33). The van der Waals surface area contributed by atoms with Crippen LogP contribution in [-0.2, 0) is 9.59 Å². The summed E-state index contributed by atoms with van der Waals surface area (Å²) in [5.41, 5.74) is 2.53. The van der Waals surface area contributed by atoms with Crippen LogP contribution in [0.1, 0.15) is 11.1 Å². The molecule has 4 rings (SSSR count). The van der Waals surface area contributed by atoms with Gasteiger partial charge in [-0.25, -0.2) is 4.99 Å². The quantitative estimate of drug-likeness (QED) is 0.412. The third kappa shape index (κ3) is 6.33. The lowest BCUT2D eigenvalue weighted by Crippen LogP contribution is -2.31. The van der Waals surface area contributed by atoms with E-state index in [4.69, 9.17) is 0 Å². The van der Waals surface area contributed by atoms with E-state index in [-0.39, 0.29) is 28.2 Å². The molecule has 0 fully saturated rings. The zero-order valence-corrected chi connectivity index (χ0v) is 19.8. The molecular formula is C26H20F3N3O3S. The van der Waals surface area contributed by atoms with Gasteiger partial charge in [-0.1, -0.05) is 71.9 Å². The number of ether oxygens (including phenoxy) is 1. The Morgan fingerprint density at radius 2 is 1.69 bits per heavy atom. The van der Waals surface area contributed by atoms with Gasteiger partial charge in [-0.05, 0) is 42.8 Å². The highest BCUT2D eigenvalue weighted by Crippen LogP contribution is 2.31. The molecule has 0 bridgehead atoms. The van der Waals surface area contributed by atoms with E-state index < -0.39 is 18.0 Å². The van der Waals surface area contributed by atoms with Crippen LogP contribution in [0.15, 0.2) is 89.6 Å². The van der Waals surface area contributed by atoms with E-state index >= 15 is 0 Å². The number of amidine groups is 1. The summed E-state index contributed by atoms with van der Waals surface area (Å²) in [6.07, 6.45) is -3.24. The first-order chi connectivity index (χ1) is 17.2. The van der Waals surface area contributed by atoms with Gasteiger partial charge in [0, 0.05) is 0 Å². The predicted octanol–water partition coefficient (Wildman–Crippen LogP) is 6.01. The number of benzene rings is 3. The first kappa shape index (κ1) is 25.1. The highest BCUT2D eigenvalue weighted by atomic mass is 32.2. The number of amides is 2. The van der Waals surface area contributed by atoms with Crippen LogP contribution in [0.5, 0.6) is 5.75 Å². The monoisotopic (exact) mass is 511 g/mol. The van der Waals surface area contributed by atoms with Crippen molar-refractivity contribution in [2.24, 2.45) is 4.99 Å². The molecule has 10 heteroatoms. The largest absolute Gasteiger partial charge is 0.573 e. The maximum atomic E-state index is 13.2. The number of aliphatic imine (C=N–C) groups is 1. The van der Waals surface area contributed by atoms with E-state index in [2.05, 4.69) is 15.0 Å². The van der Waals surface area contributed by atoms with E-state index in [9.17, 15) is 22.8 Å². The molecule has 0 aromatic heterocycles. The number of hydrogen-bond donors (Lipinski definition) is 1. The van der Waals surface area contributed by atoms with Crippen molar-refractivity contribution in [3.8, 4) is 5.75 Å². The molecule has 0 saturated heterocycles. The van der Waals surface area contributed by atoms with E-state index in [0.717, 1.165) is 29.0 Å². The van der Waals surface area contributed by atoms with Gasteiger partial charge in [0.1, 0.15) is 5.70 Å². The number of aryl methyl sites for hydroxylation is 1. The molecule has 184 valence electrons. The molecule has 1 aliphatic rings. The molecule has 0 aliphatic carbocycles. The van der Waals surface area contributed by atoms with Crippen LogP contribution >= 0.6 is 11.8 Å². The highest BCUT2D eigenvalue weighted by Gasteiger charge is 2.33. The predicted molar refractivity (Wildman–Crippen MR) is 135 cm³/mol. The van der Waals surface area contributed by atoms with Gasteiger partial charge >= 0.3 is 6.36 Å². The number of alkyl halides is 3. The molecule has 2 amide bonds. The first-order valence-corrected chi connectivity index (χ1v) is 11.7. The number of anilines is 2. The molecule has 1 aliphatic heterocycles. The molecular weight excluding hydrogens is 491 g/mol. The van der Waals surface area contributed by atoms with Crippen LogP contribution in [-0.4, -0.2) is 29.1 Å². The minimum absolute atomic E-state index is 0.121. The molecule has 3 aromatic rings. The van der Waals surface area contributed by atoms with Crippen molar-refractivity contribution in [1.82, 2.24) is 0 Å². The summed E-state index contributed by atoms with van der Waals surface area (Å²) in [5, 5.41) is 2.70. The average Bonchev–Trinajstić information content (AvgIpc) is 3.15. The van der Waals surface area contributed by atoms with Crippen LogP contribution in [0.3, 0.4) is 0 Å². The van der Waals surface area contributed by atoms with Gasteiger partial charge in [0.05, 0.1) is 17.1 Å². The Hall–Kier alpha value is -4.05. The number of nitrogens with zero attached hydrogens (tertiary/aromatic N) is 2. The molecule has 0 atom stereocenters. The Morgan fingerprint density at radius 3 is 2.39 bits per heavy atom. The van der Waals surface area contributed by atoms with E-state index in [1.54, 1.807) is 30.3 Å². The van der Waals surface area contributed by atoms with Gasteiger partial charge in [-0.3, -0.25) is 14.5 Å². The lowest BCUT2D eigenvalue weighted by Gasteiger charge is -2.18. The minimum Gasteiger partial charge on any atom is -0.404 e. The zero-order valence-electron chi connectivity index (χ0n) is 19.0. The molecule has 6 nitrogen and oxygen atoms in total. The van der Waals surface area contributed by atoms with E-state index in [1.807, 2.05) is 37.3 Å². The van der Waals surface area contributed by atoms with Crippen molar-refractivity contribution in [1.29, 1.82) is 0 Å². The van der Waals surface area contributed by atoms with Crippen molar-refractivity contribution in [3.05, 3.63) is 95.7 Å². The highest BCUT2D eigenvalue weighted by molar-refractivity contribution is 8.14. The minimum atomic E-state index is -4.90. The Morgan fingerprint density at radius 1 is 1.03 bits per heavy atom. The van der Waals surface area contributed by atoms with Crippen molar-refractivity contribution >= 4 is 46.2 Å². The van der Waals surface area contributed by atoms with Gasteiger partial charge in [0.25, 0.3) is 5.91 Å². The number of para-hydroxylation sites is 3. The molecule has 36 heavy (non-hydrogen) atoms. The molecule has 3 aromatic carbocycles. The summed E-state index contributed by atoms with van der Waals surface area (Å²) < 4.78 is 42.0. The Bertz CT molecular complexity index is 1320. The van der Waals surface area contributed by atoms with E-state index in [1.165, 1.54) is 23.1 Å². The number of carbonyl (C=O) groups is 2. The van der Waals surface area contributed by atoms with Crippen molar-refractivity contribution in [3.63, 3.8) is 0 Å². The Labute approximate surface area is 209 Å². The van der Waals surface area contributed by atoms with Gasteiger partial charge in [0.2, 0.25) is 5.91 Å². The maximum absolute atomic E-state index is 13.2. The molecule has 0 spiro atoms. The normalized spacial score (nSPS) is 14.7. The second-order valence-electron chi connectivity index (χ2n) is 7.69. The van der Waals surface area contributed by atoms with Crippen LogP contribution in [0.2, 0.25) is 0 Å². The van der Waals surface area contributed by atoms with Gasteiger partial charge in [-0.15, -0.1) is 13.2 Å². The fraction of sp³-hybridized carbons (Fsp3) is 0.115. The average molecular weight is 512 g/mol. The fourth-order valence-corrected chi connectivity index (χ4v) is 4.13. The lowest BCUT2D eigenvalue weighted by atomic mass is 10.1. The summed E-state index contributed by atoms with van der Waals surface area (Å²) in [7, 11) is 0. The molecule has 0 unspecified atom stereocenters. The molecule has 1 heterocycles. The summed E-state index contributed by atoms with van der Waals surface area (Å²) >= 11 is 0.993. The third-order valence-corrected chi connectivity index (χ3v) is 5.88. The van der Waals surface area contributed by atoms with Crippen molar-refractivity contribution < 1.29 is 27.5 Å². The van der Waals surface area contributed by atoms with Crippen LogP contribution < -0.4 is 15.0 Å². The number of thioether (sulfide) groups is 1. The maximum Gasteiger partial charge on any atom is 0.573 e. The summed E-state index contributed by atoms with van der Waals surface area (Å²) in [5.74, 6) is -1.66. The molecule has 1 N–H and O–H groups in total. The number of hydrogen-bond acceptors (Lipinski definition) is 5. The van der Waals surface area contributed by atoms with Crippen molar-refractivity contribution in [2.75, 3.05) is 16.0 Å². The third-order valence-electron chi connectivity index (χ3n) is 4.94. The van der Waals surface area contributed by atoms with Gasteiger partial charge in [-0.2, -0.15) is 0 Å². The summed E-state index contributed by atoms with van der Waals surface area (Å²) in [6, 6.07) is 21.7. The van der Waals surface area contributed by atoms with E-state index in [0.29, 0.717) is 5.69 Å². The Kier molecular flexibility index (Phi) is 7.44. The van der Waals surface area contributed by atoms with Gasteiger partial charge in [0.15, 0.2) is 10.9 Å². The smallest absolute Gasteiger partial charge is 0.404 e. The topological polar surface area (TPSA) is 71.0 Å². The second-order valence-corrected chi connectivity index (χ2v) is 8.63. The van der Waals surface area contributed by atoms with Gasteiger partial charge < -0.3 is 10.1 Å². The van der Waals surface area contributed by atoms with Crippen LogP contribution in [0.4, 0.5) is 24.5 Å². The number of rotatable bonds is 6. The Balaban J connectivity index is 1.53. The SMILES string of the molecule is Cc1ccc(C=C2N=C(SCC(=O)Nc3ccccc3OC(F)(F)F)N(c3ccccc3)C2=O)cc1. The number of halogens is 3. The molecule has 0 radical (unpaired) electrons. The molecule has 0 saturated carbocycles. The van der Waals surface area contributed by atoms with Crippen molar-refractivity contribution in [2.45, 2.75) is 13.3 Å². The van der Waals surface area contributed by atoms with Crippen LogP contribution in [0.25, 0.3) is 6.08 Å². The first-order valence-electron chi connectivity index (χ1n) is 10.7. The summed E-state index contributed by atoms with van der Waals surface area (Å²) in [6.45, 7) is 1.96. The number of carbonyl (C=O) groups excluding carboxylic acids is 2. The number of nitrogens with one attached hydrogen (secondary N) is 1. The summed E-state index contributed by atoms with van der Waals surface area (Å²) in [4.78, 5) is 31.6. The zero-order chi connectivity index (χ0) is 25.7.